The van der Waals surface area contributed by atoms with Gasteiger partial charge in [-0.15, -0.1) is 24.0 Å². The van der Waals surface area contributed by atoms with E-state index in [1.165, 1.54) is 7.11 Å². The first-order chi connectivity index (χ1) is 10.5. The number of nitrogens with one attached hydrogen (secondary N) is 1. The van der Waals surface area contributed by atoms with Gasteiger partial charge in [-0.25, -0.2) is 0 Å². The van der Waals surface area contributed by atoms with Crippen LogP contribution in [0.3, 0.4) is 0 Å². The first-order valence-electron chi connectivity index (χ1n) is 8.15. The smallest absolute Gasteiger partial charge is 0.305 e. The first-order valence-corrected chi connectivity index (χ1v) is 9.13. The summed E-state index contributed by atoms with van der Waals surface area (Å²) < 4.78 is 4.93. The third-order valence-electron chi connectivity index (χ3n) is 3.76. The monoisotopic (exact) mass is 457 g/mol. The molecule has 1 fully saturated rings. The van der Waals surface area contributed by atoms with Gasteiger partial charge in [-0.3, -0.25) is 9.79 Å². The van der Waals surface area contributed by atoms with E-state index in [4.69, 9.17) is 0 Å². The minimum Gasteiger partial charge on any atom is -0.469 e. The highest BCUT2D eigenvalue weighted by Crippen LogP contribution is 2.29. The van der Waals surface area contributed by atoms with E-state index in [1.54, 1.807) is 0 Å². The third kappa shape index (κ3) is 9.64. The molecule has 0 radical (unpaired) electrons. The lowest BCUT2D eigenvalue weighted by atomic mass is 10.1. The maximum Gasteiger partial charge on any atom is 0.305 e. The number of thioether (sulfide) groups is 1. The molecule has 0 aliphatic carbocycles. The maximum atomic E-state index is 11.0. The minimum atomic E-state index is -0.107. The van der Waals surface area contributed by atoms with Crippen LogP contribution < -0.4 is 5.32 Å². The second-order valence-corrected chi connectivity index (χ2v) is 8.05. The van der Waals surface area contributed by atoms with Gasteiger partial charge in [0.15, 0.2) is 5.96 Å². The molecule has 1 rings (SSSR count). The van der Waals surface area contributed by atoms with E-state index < -0.39 is 0 Å². The Labute approximate surface area is 162 Å². The Morgan fingerprint density at radius 3 is 2.61 bits per heavy atom. The van der Waals surface area contributed by atoms with E-state index in [1.807, 2.05) is 18.8 Å². The largest absolute Gasteiger partial charge is 0.469 e. The molecular weight excluding hydrogens is 425 g/mol. The Hall–Kier alpha value is -0.180. The fourth-order valence-electron chi connectivity index (χ4n) is 2.58. The average Bonchev–Trinajstić information content (AvgIpc) is 2.48. The number of halogens is 1. The van der Waals surface area contributed by atoms with Gasteiger partial charge in [0.2, 0.25) is 0 Å². The van der Waals surface area contributed by atoms with Gasteiger partial charge in [0.1, 0.15) is 0 Å². The Morgan fingerprint density at radius 1 is 1.30 bits per heavy atom. The number of hydrogen-bond donors (Lipinski definition) is 1. The fraction of sp³-hybridized carbons (Fsp3) is 0.875. The minimum absolute atomic E-state index is 0. The lowest BCUT2D eigenvalue weighted by Crippen LogP contribution is -2.51. The van der Waals surface area contributed by atoms with Crippen LogP contribution in [0.4, 0.5) is 0 Å². The summed E-state index contributed by atoms with van der Waals surface area (Å²) in [6.45, 7) is 7.62. The van der Waals surface area contributed by atoms with Crippen LogP contribution in [0.2, 0.25) is 0 Å². The van der Waals surface area contributed by atoms with Crippen LogP contribution in [-0.4, -0.2) is 61.1 Å². The molecule has 0 bridgehead atoms. The number of rotatable bonds is 7. The zero-order valence-electron chi connectivity index (χ0n) is 14.9. The Kier molecular flexibility index (Phi) is 12.1. The van der Waals surface area contributed by atoms with Crippen molar-refractivity contribution in [1.29, 1.82) is 0 Å². The van der Waals surface area contributed by atoms with Gasteiger partial charge in [0, 0.05) is 43.6 Å². The number of methoxy groups -OCH3 is 1. The maximum absolute atomic E-state index is 11.0. The molecule has 0 aromatic carbocycles. The van der Waals surface area contributed by atoms with E-state index in [0.29, 0.717) is 11.2 Å². The molecule has 0 aromatic heterocycles. The van der Waals surface area contributed by atoms with Gasteiger partial charge in [0.05, 0.1) is 7.11 Å². The molecule has 5 nitrogen and oxygen atoms in total. The molecular formula is C16H32IN3O2S. The van der Waals surface area contributed by atoms with Gasteiger partial charge in [-0.1, -0.05) is 12.8 Å². The lowest BCUT2D eigenvalue weighted by molar-refractivity contribution is -0.140. The van der Waals surface area contributed by atoms with Crippen LogP contribution in [0.25, 0.3) is 0 Å². The van der Waals surface area contributed by atoms with Crippen molar-refractivity contribution in [3.05, 3.63) is 0 Å². The number of esters is 1. The Morgan fingerprint density at radius 2 is 2.00 bits per heavy atom. The molecule has 1 heterocycles. The molecule has 0 spiro atoms. The zero-order chi connectivity index (χ0) is 16.4. The van der Waals surface area contributed by atoms with Crippen molar-refractivity contribution in [1.82, 2.24) is 10.2 Å². The van der Waals surface area contributed by atoms with Crippen molar-refractivity contribution in [2.75, 3.05) is 39.5 Å². The molecule has 0 amide bonds. The molecule has 7 heteroatoms. The second kappa shape index (κ2) is 12.2. The quantitative estimate of drug-likeness (QED) is 0.209. The highest BCUT2D eigenvalue weighted by Gasteiger charge is 2.28. The van der Waals surface area contributed by atoms with Gasteiger partial charge in [-0.2, -0.15) is 11.8 Å². The number of carbonyl (C=O) groups is 1. The van der Waals surface area contributed by atoms with Crippen LogP contribution in [0.1, 0.15) is 46.0 Å². The summed E-state index contributed by atoms with van der Waals surface area (Å²) in [4.78, 5) is 17.8. The molecule has 1 saturated heterocycles. The fourth-order valence-corrected chi connectivity index (χ4v) is 3.69. The second-order valence-electron chi connectivity index (χ2n) is 6.24. The zero-order valence-corrected chi connectivity index (χ0v) is 18.0. The first kappa shape index (κ1) is 22.8. The highest BCUT2D eigenvalue weighted by atomic mass is 127. The molecule has 1 N–H and O–H groups in total. The van der Waals surface area contributed by atoms with Gasteiger partial charge < -0.3 is 15.0 Å². The van der Waals surface area contributed by atoms with E-state index in [-0.39, 0.29) is 29.9 Å². The highest BCUT2D eigenvalue weighted by molar-refractivity contribution is 14.0. The van der Waals surface area contributed by atoms with E-state index in [0.717, 1.165) is 57.0 Å². The van der Waals surface area contributed by atoms with Crippen molar-refractivity contribution in [2.45, 2.75) is 50.7 Å². The van der Waals surface area contributed by atoms with E-state index in [2.05, 4.69) is 33.8 Å². The molecule has 0 saturated carbocycles. The number of guanidine groups is 1. The topological polar surface area (TPSA) is 53.9 Å². The summed E-state index contributed by atoms with van der Waals surface area (Å²) in [5, 5.41) is 3.46. The molecule has 1 aliphatic rings. The number of ether oxygens (including phenoxy) is 1. The van der Waals surface area contributed by atoms with Crippen LogP contribution in [-0.2, 0) is 9.53 Å². The molecule has 23 heavy (non-hydrogen) atoms. The lowest BCUT2D eigenvalue weighted by Gasteiger charge is -2.39. The summed E-state index contributed by atoms with van der Waals surface area (Å²) in [6.07, 6.45) is 4.75. The van der Waals surface area contributed by atoms with Crippen molar-refractivity contribution < 1.29 is 9.53 Å². The summed E-state index contributed by atoms with van der Waals surface area (Å²) in [6, 6.07) is 0. The number of aliphatic imine (C=N–C) groups is 1. The van der Waals surface area contributed by atoms with Crippen LogP contribution in [0.15, 0.2) is 4.99 Å². The van der Waals surface area contributed by atoms with Crippen molar-refractivity contribution in [2.24, 2.45) is 4.99 Å². The number of carbonyl (C=O) groups excluding carboxylic acids is 1. The Bertz CT molecular complexity index is 378. The number of hydrogen-bond acceptors (Lipinski definition) is 4. The van der Waals surface area contributed by atoms with E-state index in [9.17, 15) is 4.79 Å². The van der Waals surface area contributed by atoms with Gasteiger partial charge in [0.25, 0.3) is 0 Å². The molecule has 1 aliphatic heterocycles. The predicted molar refractivity (Wildman–Crippen MR) is 110 cm³/mol. The van der Waals surface area contributed by atoms with Crippen molar-refractivity contribution in [3.8, 4) is 0 Å². The number of unbranched alkanes of at least 4 members (excludes halogenated alkanes) is 3. The third-order valence-corrected chi connectivity index (χ3v) is 5.05. The number of nitrogens with zero attached hydrogens (tertiary/aromatic N) is 2. The summed E-state index contributed by atoms with van der Waals surface area (Å²) in [7, 11) is 3.30. The average molecular weight is 457 g/mol. The Balaban J connectivity index is 0.00000484. The van der Waals surface area contributed by atoms with Crippen molar-refractivity contribution in [3.63, 3.8) is 0 Å². The van der Waals surface area contributed by atoms with Gasteiger partial charge >= 0.3 is 5.97 Å². The van der Waals surface area contributed by atoms with Crippen LogP contribution >= 0.6 is 35.7 Å². The molecule has 136 valence electrons. The molecule has 0 unspecified atom stereocenters. The van der Waals surface area contributed by atoms with Crippen LogP contribution in [0.5, 0.6) is 0 Å². The standard InChI is InChI=1S/C16H31N3O2S.HI/c1-16(2)13-19(11-12-22-16)15(17-3)18-10-8-6-5-7-9-14(20)21-4;/h5-13H2,1-4H3,(H,17,18);1H. The summed E-state index contributed by atoms with van der Waals surface area (Å²) in [5.41, 5.74) is 0. The van der Waals surface area contributed by atoms with E-state index >= 15 is 0 Å². The normalized spacial score (nSPS) is 17.4. The van der Waals surface area contributed by atoms with Gasteiger partial charge in [-0.05, 0) is 26.7 Å². The molecule has 0 aromatic rings. The van der Waals surface area contributed by atoms with Crippen LogP contribution in [0, 0.1) is 0 Å². The molecule has 0 atom stereocenters. The van der Waals surface area contributed by atoms with Crippen molar-refractivity contribution >= 4 is 47.7 Å². The summed E-state index contributed by atoms with van der Waals surface area (Å²) >= 11 is 2.03. The SMILES string of the molecule is CN=C(NCCCCCCC(=O)OC)N1CCSC(C)(C)C1.I. The summed E-state index contributed by atoms with van der Waals surface area (Å²) in [5.74, 6) is 2.06. The predicted octanol–water partition coefficient (Wildman–Crippen LogP) is 3.13.